The molecule has 0 radical (unpaired) electrons. The van der Waals surface area contributed by atoms with Gasteiger partial charge in [0.2, 0.25) is 10.0 Å². The molecule has 21 heavy (non-hydrogen) atoms. The molecule has 0 aliphatic heterocycles. The third kappa shape index (κ3) is 3.36. The topological polar surface area (TPSA) is 127 Å². The van der Waals surface area contributed by atoms with E-state index < -0.39 is 10.0 Å². The van der Waals surface area contributed by atoms with E-state index in [-0.39, 0.29) is 17.1 Å². The van der Waals surface area contributed by atoms with Crippen molar-refractivity contribution in [2.24, 2.45) is 7.05 Å². The van der Waals surface area contributed by atoms with E-state index in [9.17, 15) is 8.42 Å². The van der Waals surface area contributed by atoms with Crippen LogP contribution in [0, 0.1) is 11.3 Å². The summed E-state index contributed by atoms with van der Waals surface area (Å²) < 4.78 is 28.5. The maximum Gasteiger partial charge on any atom is 0.242 e. The van der Waals surface area contributed by atoms with Gasteiger partial charge in [-0.05, 0) is 18.2 Å². The molecule has 0 atom stereocenters. The molecule has 0 aliphatic rings. The molecule has 2 aromatic rings. The maximum atomic E-state index is 12.1. The fourth-order valence-corrected chi connectivity index (χ4v) is 2.91. The molecule has 0 aliphatic carbocycles. The van der Waals surface area contributed by atoms with Crippen LogP contribution in [0.1, 0.15) is 11.4 Å². The molecule has 0 amide bonds. The number of nitrogens with two attached hydrogens (primary N) is 1. The minimum absolute atomic E-state index is 0.0419. The van der Waals surface area contributed by atoms with Crippen molar-refractivity contribution in [3.05, 3.63) is 35.9 Å². The van der Waals surface area contributed by atoms with Gasteiger partial charge < -0.3 is 10.3 Å². The molecule has 8 nitrogen and oxygen atoms in total. The fraction of sp³-hybridized carbons (Fsp3) is 0.250. The molecule has 0 saturated heterocycles. The number of aryl methyl sites for hydroxylation is 1. The zero-order chi connectivity index (χ0) is 15.5. The monoisotopic (exact) mass is 306 g/mol. The highest BCUT2D eigenvalue weighted by molar-refractivity contribution is 7.89. The van der Waals surface area contributed by atoms with Crippen molar-refractivity contribution < 1.29 is 8.42 Å². The smallest absolute Gasteiger partial charge is 0.242 e. The molecule has 1 aromatic carbocycles. The number of sulfonamides is 1. The highest BCUT2D eigenvalue weighted by Crippen LogP contribution is 2.19. The zero-order valence-electron chi connectivity index (χ0n) is 11.3. The highest BCUT2D eigenvalue weighted by Gasteiger charge is 2.17. The quantitative estimate of drug-likeness (QED) is 0.736. The minimum Gasteiger partial charge on any atom is -0.398 e. The number of anilines is 1. The fourth-order valence-electron chi connectivity index (χ4n) is 1.77. The van der Waals surface area contributed by atoms with E-state index in [0.717, 1.165) is 0 Å². The average Bonchev–Trinajstić information content (AvgIpc) is 2.83. The van der Waals surface area contributed by atoms with Crippen LogP contribution in [0.3, 0.4) is 0 Å². The molecule has 110 valence electrons. The van der Waals surface area contributed by atoms with Crippen LogP contribution in [0.15, 0.2) is 29.4 Å². The number of nitrogens with one attached hydrogen (secondary N) is 1. The number of nitriles is 1. The van der Waals surface area contributed by atoms with Crippen molar-refractivity contribution in [1.82, 2.24) is 19.5 Å². The Morgan fingerprint density at radius 1 is 1.48 bits per heavy atom. The van der Waals surface area contributed by atoms with E-state index in [1.165, 1.54) is 18.2 Å². The van der Waals surface area contributed by atoms with E-state index in [4.69, 9.17) is 11.0 Å². The Kier molecular flexibility index (Phi) is 4.21. The number of hydrogen-bond donors (Lipinski definition) is 2. The summed E-state index contributed by atoms with van der Waals surface area (Å²) in [5.74, 6) is 0.672. The van der Waals surface area contributed by atoms with Crippen LogP contribution >= 0.6 is 0 Å². The lowest BCUT2D eigenvalue weighted by molar-refractivity contribution is 0.580. The Morgan fingerprint density at radius 3 is 2.81 bits per heavy atom. The van der Waals surface area contributed by atoms with Gasteiger partial charge in [-0.15, -0.1) is 10.2 Å². The maximum absolute atomic E-state index is 12.1. The molecule has 0 unspecified atom stereocenters. The Hall–Kier alpha value is -2.44. The van der Waals surface area contributed by atoms with Gasteiger partial charge in [0.15, 0.2) is 0 Å². The number of hydrogen-bond acceptors (Lipinski definition) is 6. The zero-order valence-corrected chi connectivity index (χ0v) is 12.1. The van der Waals surface area contributed by atoms with Crippen molar-refractivity contribution in [3.8, 4) is 6.07 Å². The minimum atomic E-state index is -3.72. The highest BCUT2D eigenvalue weighted by atomic mass is 32.2. The van der Waals surface area contributed by atoms with Gasteiger partial charge in [0.05, 0.1) is 17.3 Å². The summed E-state index contributed by atoms with van der Waals surface area (Å²) in [5, 5.41) is 16.3. The summed E-state index contributed by atoms with van der Waals surface area (Å²) in [6.07, 6.45) is 1.95. The summed E-state index contributed by atoms with van der Waals surface area (Å²) in [7, 11) is -1.94. The molecule has 0 saturated carbocycles. The number of rotatable bonds is 5. The van der Waals surface area contributed by atoms with E-state index in [1.54, 1.807) is 17.9 Å². The van der Waals surface area contributed by atoms with Crippen LogP contribution in [0.2, 0.25) is 0 Å². The summed E-state index contributed by atoms with van der Waals surface area (Å²) in [6, 6.07) is 5.96. The van der Waals surface area contributed by atoms with Crippen molar-refractivity contribution >= 4 is 15.7 Å². The van der Waals surface area contributed by atoms with Gasteiger partial charge in [-0.25, -0.2) is 13.1 Å². The molecule has 0 fully saturated rings. The Labute approximate surface area is 122 Å². The lowest BCUT2D eigenvalue weighted by Crippen LogP contribution is -2.27. The Morgan fingerprint density at radius 2 is 2.24 bits per heavy atom. The van der Waals surface area contributed by atoms with E-state index in [0.29, 0.717) is 17.8 Å². The number of aromatic nitrogens is 3. The normalized spacial score (nSPS) is 11.2. The van der Waals surface area contributed by atoms with Gasteiger partial charge in [-0.2, -0.15) is 5.26 Å². The predicted molar refractivity (Wildman–Crippen MR) is 75.5 cm³/mol. The van der Waals surface area contributed by atoms with Gasteiger partial charge in [-0.3, -0.25) is 0 Å². The number of nitrogen functional groups attached to an aromatic ring is 1. The first-order valence-electron chi connectivity index (χ1n) is 6.06. The number of nitrogens with zero attached hydrogens (tertiary/aromatic N) is 4. The standard InChI is InChI=1S/C12H14N6O2S/c1-18-8-15-17-12(18)4-5-16-21(19,20)11-3-2-9(7-13)6-10(11)14/h2-3,6,8,16H,4-5,14H2,1H3. The second-order valence-corrected chi connectivity index (χ2v) is 6.11. The molecule has 1 aromatic heterocycles. The molecule has 0 bridgehead atoms. The predicted octanol–water partition coefficient (Wildman–Crippen LogP) is -0.210. The van der Waals surface area contributed by atoms with Crippen molar-refractivity contribution in [3.63, 3.8) is 0 Å². The summed E-state index contributed by atoms with van der Waals surface area (Å²) in [4.78, 5) is -0.0422. The average molecular weight is 306 g/mol. The summed E-state index contributed by atoms with van der Waals surface area (Å²) in [5.41, 5.74) is 6.03. The van der Waals surface area contributed by atoms with Gasteiger partial charge >= 0.3 is 0 Å². The Bertz CT molecular complexity index is 790. The van der Waals surface area contributed by atoms with Gasteiger partial charge in [0.1, 0.15) is 17.0 Å². The molecule has 1 heterocycles. The van der Waals surface area contributed by atoms with Gasteiger partial charge in [0.25, 0.3) is 0 Å². The second-order valence-electron chi connectivity index (χ2n) is 4.37. The molecule has 3 N–H and O–H groups in total. The van der Waals surface area contributed by atoms with Crippen molar-refractivity contribution in [1.29, 1.82) is 5.26 Å². The van der Waals surface area contributed by atoms with Crippen molar-refractivity contribution in [2.75, 3.05) is 12.3 Å². The van der Waals surface area contributed by atoms with Gasteiger partial charge in [0, 0.05) is 20.0 Å². The SMILES string of the molecule is Cn1cnnc1CCNS(=O)(=O)c1ccc(C#N)cc1N. The number of benzene rings is 1. The first-order chi connectivity index (χ1) is 9.94. The molecule has 2 rings (SSSR count). The first kappa shape index (κ1) is 15.0. The van der Waals surface area contributed by atoms with Crippen molar-refractivity contribution in [2.45, 2.75) is 11.3 Å². The third-order valence-electron chi connectivity index (χ3n) is 2.87. The third-order valence-corrected chi connectivity index (χ3v) is 4.41. The van der Waals surface area contributed by atoms with Crippen LogP contribution in [0.4, 0.5) is 5.69 Å². The summed E-state index contributed by atoms with van der Waals surface area (Å²) in [6.45, 7) is 0.175. The van der Waals surface area contributed by atoms with Crippen LogP contribution in [0.25, 0.3) is 0 Å². The molecule has 0 spiro atoms. The van der Waals surface area contributed by atoms with Crippen LogP contribution in [-0.4, -0.2) is 29.7 Å². The van der Waals surface area contributed by atoms with Gasteiger partial charge in [-0.1, -0.05) is 0 Å². The lowest BCUT2D eigenvalue weighted by Gasteiger charge is -2.09. The molecule has 9 heteroatoms. The first-order valence-corrected chi connectivity index (χ1v) is 7.54. The van der Waals surface area contributed by atoms with E-state index in [2.05, 4.69) is 14.9 Å². The largest absolute Gasteiger partial charge is 0.398 e. The summed E-state index contributed by atoms with van der Waals surface area (Å²) >= 11 is 0. The molecular formula is C12H14N6O2S. The molecular weight excluding hydrogens is 292 g/mol. The Balaban J connectivity index is 2.09. The van der Waals surface area contributed by atoms with Crippen LogP contribution in [-0.2, 0) is 23.5 Å². The van der Waals surface area contributed by atoms with E-state index >= 15 is 0 Å². The van der Waals surface area contributed by atoms with E-state index in [1.807, 2.05) is 6.07 Å². The lowest BCUT2D eigenvalue weighted by atomic mass is 10.2. The second kappa shape index (κ2) is 5.90. The van der Waals surface area contributed by atoms with Crippen LogP contribution in [0.5, 0.6) is 0 Å². The van der Waals surface area contributed by atoms with Crippen LogP contribution < -0.4 is 10.5 Å².